The van der Waals surface area contributed by atoms with Crippen molar-refractivity contribution < 1.29 is 18.7 Å². The smallest absolute Gasteiger partial charge is 0.236 e. The second kappa shape index (κ2) is 9.74. The molecule has 1 N–H and O–H groups in total. The molecule has 1 fully saturated rings. The number of hydrogen-bond donors (Lipinski definition) is 1. The lowest BCUT2D eigenvalue weighted by atomic mass is 9.83. The number of pyridine rings is 1. The standard InChI is InChI=1S/C28H31F2N3O2/c1-18-8-5-6-10-23(18)24-15-26(33-11-7-9-22(33)17-34)31-16-25(24)32(4)27(35)28(2,3)19-12-20(29)14-21(30)13-19/h5-6,8,10,12-16,22,34H,7,9,11,17H2,1-4H3/t22-/m0/s1. The van der Waals surface area contributed by atoms with Crippen LogP contribution >= 0.6 is 0 Å². The summed E-state index contributed by atoms with van der Waals surface area (Å²) in [6.45, 7) is 6.18. The molecule has 35 heavy (non-hydrogen) atoms. The summed E-state index contributed by atoms with van der Waals surface area (Å²) in [6, 6.07) is 13.1. The summed E-state index contributed by atoms with van der Waals surface area (Å²) in [5.41, 5.74) is 2.50. The topological polar surface area (TPSA) is 56.7 Å². The molecule has 184 valence electrons. The molecule has 0 unspecified atom stereocenters. The molecule has 1 aliphatic rings. The number of likely N-dealkylation sites (N-methyl/N-ethyl adjacent to an activating group) is 1. The van der Waals surface area contributed by atoms with Gasteiger partial charge in [-0.15, -0.1) is 0 Å². The van der Waals surface area contributed by atoms with Crippen LogP contribution in [0.1, 0.15) is 37.8 Å². The molecule has 1 saturated heterocycles. The Balaban J connectivity index is 1.79. The molecule has 1 atom stereocenters. The van der Waals surface area contributed by atoms with E-state index in [1.54, 1.807) is 27.1 Å². The summed E-state index contributed by atoms with van der Waals surface area (Å²) in [5, 5.41) is 9.80. The van der Waals surface area contributed by atoms with Gasteiger partial charge in [-0.2, -0.15) is 0 Å². The van der Waals surface area contributed by atoms with Crippen LogP contribution in [0.15, 0.2) is 54.7 Å². The zero-order chi connectivity index (χ0) is 25.3. The number of aryl methyl sites for hydroxylation is 1. The minimum Gasteiger partial charge on any atom is -0.394 e. The summed E-state index contributed by atoms with van der Waals surface area (Å²) >= 11 is 0. The van der Waals surface area contributed by atoms with Crippen molar-refractivity contribution in [3.63, 3.8) is 0 Å². The highest BCUT2D eigenvalue weighted by Gasteiger charge is 2.35. The lowest BCUT2D eigenvalue weighted by Crippen LogP contribution is -2.42. The van der Waals surface area contributed by atoms with Gasteiger partial charge >= 0.3 is 0 Å². The van der Waals surface area contributed by atoms with Gasteiger partial charge in [0, 0.05) is 25.2 Å². The maximum atomic E-state index is 13.9. The number of anilines is 2. The number of carbonyl (C=O) groups excluding carboxylic acids is 1. The average molecular weight is 480 g/mol. The van der Waals surface area contributed by atoms with Crippen LogP contribution in [0.2, 0.25) is 0 Å². The van der Waals surface area contributed by atoms with E-state index >= 15 is 0 Å². The van der Waals surface area contributed by atoms with E-state index in [1.165, 1.54) is 17.0 Å². The van der Waals surface area contributed by atoms with Gasteiger partial charge in [0.25, 0.3) is 0 Å². The normalized spacial score (nSPS) is 16.0. The van der Waals surface area contributed by atoms with Crippen LogP contribution in [-0.4, -0.2) is 42.2 Å². The Bertz CT molecular complexity index is 1220. The predicted molar refractivity (Wildman–Crippen MR) is 135 cm³/mol. The van der Waals surface area contributed by atoms with E-state index in [0.717, 1.165) is 48.0 Å². The van der Waals surface area contributed by atoms with Crippen molar-refractivity contribution in [3.05, 3.63) is 77.5 Å². The first kappa shape index (κ1) is 24.8. The number of carbonyl (C=O) groups is 1. The van der Waals surface area contributed by atoms with Crippen molar-refractivity contribution in [1.29, 1.82) is 0 Å². The van der Waals surface area contributed by atoms with Gasteiger partial charge in [0.05, 0.1) is 29.9 Å². The molecular weight excluding hydrogens is 448 g/mol. The van der Waals surface area contributed by atoms with Crippen LogP contribution in [0.5, 0.6) is 0 Å². The number of hydrogen-bond acceptors (Lipinski definition) is 4. The van der Waals surface area contributed by atoms with Crippen molar-refractivity contribution in [3.8, 4) is 11.1 Å². The quantitative estimate of drug-likeness (QED) is 0.526. The SMILES string of the molecule is Cc1ccccc1-c1cc(N2CCC[C@H]2CO)ncc1N(C)C(=O)C(C)(C)c1cc(F)cc(F)c1. The van der Waals surface area contributed by atoms with Gasteiger partial charge in [0.15, 0.2) is 0 Å². The molecule has 0 radical (unpaired) electrons. The number of aliphatic hydroxyl groups is 1. The van der Waals surface area contributed by atoms with Gasteiger partial charge in [-0.1, -0.05) is 24.3 Å². The maximum Gasteiger partial charge on any atom is 0.236 e. The molecule has 7 heteroatoms. The van der Waals surface area contributed by atoms with E-state index in [-0.39, 0.29) is 24.1 Å². The number of nitrogens with zero attached hydrogens (tertiary/aromatic N) is 3. The van der Waals surface area contributed by atoms with E-state index in [0.29, 0.717) is 5.69 Å². The van der Waals surface area contributed by atoms with Gasteiger partial charge in [-0.3, -0.25) is 4.79 Å². The van der Waals surface area contributed by atoms with Gasteiger partial charge in [0.1, 0.15) is 17.5 Å². The number of halogens is 2. The second-order valence-corrected chi connectivity index (χ2v) is 9.69. The summed E-state index contributed by atoms with van der Waals surface area (Å²) in [7, 11) is 1.66. The highest BCUT2D eigenvalue weighted by atomic mass is 19.1. The number of amides is 1. The molecule has 4 rings (SSSR count). The van der Waals surface area contributed by atoms with Crippen molar-refractivity contribution in [1.82, 2.24) is 4.98 Å². The minimum absolute atomic E-state index is 0.0132. The van der Waals surface area contributed by atoms with Crippen LogP contribution in [-0.2, 0) is 10.2 Å². The van der Waals surface area contributed by atoms with Crippen molar-refractivity contribution in [2.75, 3.05) is 30.0 Å². The monoisotopic (exact) mass is 479 g/mol. The molecule has 0 spiro atoms. The Morgan fingerprint density at radius 1 is 1.14 bits per heavy atom. The minimum atomic E-state index is -1.18. The molecule has 2 aromatic carbocycles. The lowest BCUT2D eigenvalue weighted by molar-refractivity contribution is -0.122. The molecular formula is C28H31F2N3O2. The second-order valence-electron chi connectivity index (χ2n) is 9.69. The summed E-state index contributed by atoms with van der Waals surface area (Å²) in [5.74, 6) is -1.02. The van der Waals surface area contributed by atoms with E-state index < -0.39 is 17.0 Å². The third-order valence-corrected chi connectivity index (χ3v) is 6.97. The lowest BCUT2D eigenvalue weighted by Gasteiger charge is -2.32. The van der Waals surface area contributed by atoms with Gasteiger partial charge in [-0.05, 0) is 68.5 Å². The molecule has 0 bridgehead atoms. The zero-order valence-electron chi connectivity index (χ0n) is 20.6. The fourth-order valence-corrected chi connectivity index (χ4v) is 4.85. The van der Waals surface area contributed by atoms with Crippen LogP contribution in [0.25, 0.3) is 11.1 Å². The first-order valence-corrected chi connectivity index (χ1v) is 11.8. The Morgan fingerprint density at radius 3 is 2.49 bits per heavy atom. The fraction of sp³-hybridized carbons (Fsp3) is 0.357. The predicted octanol–water partition coefficient (Wildman–Crippen LogP) is 5.24. The molecule has 1 aliphatic heterocycles. The fourth-order valence-electron chi connectivity index (χ4n) is 4.85. The molecule has 5 nitrogen and oxygen atoms in total. The zero-order valence-corrected chi connectivity index (χ0v) is 20.6. The first-order chi connectivity index (χ1) is 16.6. The molecule has 2 heterocycles. The highest BCUT2D eigenvalue weighted by Crippen LogP contribution is 2.38. The van der Waals surface area contributed by atoms with Crippen LogP contribution in [0.3, 0.4) is 0 Å². The maximum absolute atomic E-state index is 13.9. The average Bonchev–Trinajstić information content (AvgIpc) is 3.31. The molecule has 0 aliphatic carbocycles. The first-order valence-electron chi connectivity index (χ1n) is 11.8. The van der Waals surface area contributed by atoms with Crippen molar-refractivity contribution >= 4 is 17.4 Å². The molecule has 1 aromatic heterocycles. The summed E-state index contributed by atoms with van der Waals surface area (Å²) < 4.78 is 27.9. The molecule has 1 amide bonds. The Morgan fingerprint density at radius 2 is 1.83 bits per heavy atom. The van der Waals surface area contributed by atoms with Gasteiger partial charge < -0.3 is 14.9 Å². The Labute approximate surface area is 205 Å². The summed E-state index contributed by atoms with van der Waals surface area (Å²) in [6.07, 6.45) is 3.55. The van der Waals surface area contributed by atoms with Crippen LogP contribution < -0.4 is 9.80 Å². The Hall–Kier alpha value is -3.32. The van der Waals surface area contributed by atoms with Crippen LogP contribution in [0, 0.1) is 18.6 Å². The molecule has 0 saturated carbocycles. The molecule has 3 aromatic rings. The van der Waals surface area contributed by atoms with Crippen molar-refractivity contribution in [2.45, 2.75) is 45.1 Å². The summed E-state index contributed by atoms with van der Waals surface area (Å²) in [4.78, 5) is 22.0. The number of rotatable bonds is 6. The highest BCUT2D eigenvalue weighted by molar-refractivity contribution is 6.03. The third kappa shape index (κ3) is 4.78. The number of benzene rings is 2. The van der Waals surface area contributed by atoms with E-state index in [1.807, 2.05) is 37.3 Å². The number of aliphatic hydroxyl groups excluding tert-OH is 1. The van der Waals surface area contributed by atoms with E-state index in [4.69, 9.17) is 0 Å². The van der Waals surface area contributed by atoms with Crippen LogP contribution in [0.4, 0.5) is 20.3 Å². The van der Waals surface area contributed by atoms with Gasteiger partial charge in [-0.25, -0.2) is 13.8 Å². The van der Waals surface area contributed by atoms with E-state index in [9.17, 15) is 18.7 Å². The third-order valence-electron chi connectivity index (χ3n) is 6.97. The Kier molecular flexibility index (Phi) is 6.90. The van der Waals surface area contributed by atoms with Crippen molar-refractivity contribution in [2.24, 2.45) is 0 Å². The largest absolute Gasteiger partial charge is 0.394 e. The van der Waals surface area contributed by atoms with E-state index in [2.05, 4.69) is 9.88 Å². The number of aromatic nitrogens is 1. The van der Waals surface area contributed by atoms with Gasteiger partial charge in [0.2, 0.25) is 5.91 Å².